The van der Waals surface area contributed by atoms with Crippen LogP contribution in [-0.4, -0.2) is 126 Å². The van der Waals surface area contributed by atoms with Crippen molar-refractivity contribution < 1.29 is 70.8 Å². The number of carbonyl (C=O) groups excluding carboxylic acids is 5. The van der Waals surface area contributed by atoms with Gasteiger partial charge < -0.3 is 39.0 Å². The zero-order valence-electron chi connectivity index (χ0n) is 33.0. The molecule has 2 aromatic rings. The number of halogens is 3. The number of hydroxylamine groups is 2. The molecule has 2 aromatic carbocycles. The van der Waals surface area contributed by atoms with Crippen molar-refractivity contribution in [3.05, 3.63) is 77.4 Å². The minimum Gasteiger partial charge on any atom is -0.460 e. The lowest BCUT2D eigenvalue weighted by molar-refractivity contribution is -0.204. The summed E-state index contributed by atoms with van der Waals surface area (Å²) in [5.74, 6) is -3.65. The third kappa shape index (κ3) is 10.1. The molecule has 15 nitrogen and oxygen atoms in total. The maximum Gasteiger partial charge on any atom is 0.422 e. The first kappa shape index (κ1) is 43.7. The highest BCUT2D eigenvalue weighted by atomic mass is 19.4. The van der Waals surface area contributed by atoms with Gasteiger partial charge in [-0.25, -0.2) is 4.79 Å². The Hall–Kier alpha value is -4.88. The maximum atomic E-state index is 15.3. The quantitative estimate of drug-likeness (QED) is 0.152. The van der Waals surface area contributed by atoms with Crippen LogP contribution in [0.3, 0.4) is 0 Å². The molecule has 0 radical (unpaired) electrons. The average Bonchev–Trinajstić information content (AvgIpc) is 3.81. The molecule has 8 unspecified atom stereocenters. The number of ether oxygens (including phenoxy) is 5. The summed E-state index contributed by atoms with van der Waals surface area (Å²) in [5, 5.41) is 14.4. The molecule has 1 aliphatic carbocycles. The van der Waals surface area contributed by atoms with E-state index in [1.165, 1.54) is 23.1 Å². The van der Waals surface area contributed by atoms with Crippen molar-refractivity contribution in [2.24, 2.45) is 5.41 Å². The number of likely N-dealkylation sites (N-methyl/N-ethyl adjacent to an activating group) is 1. The van der Waals surface area contributed by atoms with Crippen molar-refractivity contribution in [2.75, 3.05) is 27.1 Å². The van der Waals surface area contributed by atoms with Gasteiger partial charge in [0.1, 0.15) is 48.3 Å². The van der Waals surface area contributed by atoms with Crippen LogP contribution in [0.1, 0.15) is 56.7 Å². The number of hydrogen-bond donors (Lipinski definition) is 2. The van der Waals surface area contributed by atoms with E-state index in [9.17, 15) is 37.5 Å². The maximum absolute atomic E-state index is 15.3. The molecule has 320 valence electrons. The zero-order valence-corrected chi connectivity index (χ0v) is 33.0. The number of fused-ring (bicyclic) bond motifs is 4. The monoisotopic (exact) mass is 831 g/mol. The second-order valence-corrected chi connectivity index (χ2v) is 16.0. The van der Waals surface area contributed by atoms with Crippen molar-refractivity contribution in [2.45, 2.75) is 107 Å². The molecule has 8 atom stereocenters. The van der Waals surface area contributed by atoms with Gasteiger partial charge in [0.05, 0.1) is 19.2 Å². The van der Waals surface area contributed by atoms with Gasteiger partial charge in [0.25, 0.3) is 0 Å². The Morgan fingerprint density at radius 1 is 1.05 bits per heavy atom. The number of esters is 3. The fourth-order valence-electron chi connectivity index (χ4n) is 8.06. The minimum absolute atomic E-state index is 0.0179. The van der Waals surface area contributed by atoms with Crippen LogP contribution < -0.4 is 5.32 Å². The lowest BCUT2D eigenvalue weighted by Crippen LogP contribution is -2.70. The number of nitrogens with zero attached hydrogens (tertiary/aromatic N) is 2. The van der Waals surface area contributed by atoms with Crippen LogP contribution in [0.5, 0.6) is 0 Å². The van der Waals surface area contributed by atoms with E-state index in [2.05, 4.69) is 10.1 Å². The van der Waals surface area contributed by atoms with Gasteiger partial charge in [-0.3, -0.25) is 24.0 Å². The predicted octanol–water partition coefficient (Wildman–Crippen LogP) is 3.02. The number of rotatable bonds is 15. The number of aliphatic hydroxyl groups is 1. The first-order chi connectivity index (χ1) is 27.9. The van der Waals surface area contributed by atoms with E-state index in [1.54, 1.807) is 69.3 Å². The molecule has 3 aliphatic heterocycles. The summed E-state index contributed by atoms with van der Waals surface area (Å²) >= 11 is 0. The fraction of sp³-hybridized carbons (Fsp3) is 0.537. The largest absolute Gasteiger partial charge is 0.460 e. The van der Waals surface area contributed by atoms with Crippen molar-refractivity contribution in [1.29, 1.82) is 0 Å². The number of amides is 2. The Morgan fingerprint density at radius 2 is 1.76 bits per heavy atom. The molecule has 18 heteroatoms. The van der Waals surface area contributed by atoms with E-state index in [-0.39, 0.29) is 39.0 Å². The van der Waals surface area contributed by atoms with E-state index in [1.807, 2.05) is 6.07 Å². The third-order valence-corrected chi connectivity index (χ3v) is 10.6. The number of hydrogen-bond acceptors (Lipinski definition) is 13. The Kier molecular flexibility index (Phi) is 13.2. The summed E-state index contributed by atoms with van der Waals surface area (Å²) in [6.45, 7) is 2.75. The van der Waals surface area contributed by atoms with Gasteiger partial charge in [0, 0.05) is 32.4 Å². The second-order valence-electron chi connectivity index (χ2n) is 16.0. The van der Waals surface area contributed by atoms with Gasteiger partial charge in [-0.15, -0.1) is 0 Å². The van der Waals surface area contributed by atoms with E-state index >= 15 is 4.79 Å². The average molecular weight is 832 g/mol. The van der Waals surface area contributed by atoms with Crippen molar-refractivity contribution in [3.63, 3.8) is 0 Å². The first-order valence-corrected chi connectivity index (χ1v) is 19.2. The lowest BCUT2D eigenvalue weighted by atomic mass is 9.62. The van der Waals surface area contributed by atoms with Crippen molar-refractivity contribution in [1.82, 2.24) is 15.3 Å². The first-order valence-electron chi connectivity index (χ1n) is 19.2. The Balaban J connectivity index is 1.27. The van der Waals surface area contributed by atoms with Gasteiger partial charge in [0.2, 0.25) is 11.8 Å². The molecular formula is C41H48F3N3O12. The molecule has 3 heterocycles. The van der Waals surface area contributed by atoms with Crippen molar-refractivity contribution in [3.8, 4) is 0 Å². The molecule has 3 saturated heterocycles. The fourth-order valence-corrected chi connectivity index (χ4v) is 8.06. The highest BCUT2D eigenvalue weighted by molar-refractivity contribution is 5.96. The standard InChI is InChI=1S/C41H48F3N3O12/c1-39(2,3)58-31(50)16-14-27(21-48)45-36(51)28(18-24-9-6-5-7-10-24)46(4)38(53)40-19-29-32-33(56-23-55-32)35(40)59-47(34(40)37(52)57-29)20-26-12-8-11-25(17-26)13-15-30(49)54-22-41(42,43)44/h5-13,15,17,27-29,32-35,48H,14,16,18-23H2,1-4H3,(H,45,51). The number of benzene rings is 2. The second kappa shape index (κ2) is 17.8. The number of carbonyl (C=O) groups is 5. The SMILES string of the molecule is CN(C(=O)C12CC3OC(=O)C1N(Cc1cccc(C=CC(=O)OCC(F)(F)F)c1)OC2C1OCOC31)C(Cc1ccccc1)C(=O)NC(CO)CCC(=O)OC(C)(C)C. The highest BCUT2D eigenvalue weighted by Crippen LogP contribution is 2.56. The summed E-state index contributed by atoms with van der Waals surface area (Å²) in [5.41, 5.74) is -0.664. The number of alkyl halides is 3. The van der Waals surface area contributed by atoms with E-state index in [0.717, 1.165) is 11.6 Å². The van der Waals surface area contributed by atoms with Gasteiger partial charge in [-0.2, -0.15) is 18.2 Å². The number of nitrogens with one attached hydrogen (secondary N) is 1. The van der Waals surface area contributed by atoms with Gasteiger partial charge in [-0.1, -0.05) is 54.6 Å². The highest BCUT2D eigenvalue weighted by Gasteiger charge is 2.75. The van der Waals surface area contributed by atoms with Gasteiger partial charge in [0.15, 0.2) is 12.6 Å². The third-order valence-electron chi connectivity index (χ3n) is 10.6. The summed E-state index contributed by atoms with van der Waals surface area (Å²) < 4.78 is 64.8. The Morgan fingerprint density at radius 3 is 2.46 bits per heavy atom. The molecule has 4 aliphatic rings. The molecular weight excluding hydrogens is 783 g/mol. The molecule has 1 saturated carbocycles. The Labute approximate surface area is 338 Å². The van der Waals surface area contributed by atoms with Crippen LogP contribution in [0, 0.1) is 5.41 Å². The predicted molar refractivity (Wildman–Crippen MR) is 199 cm³/mol. The zero-order chi connectivity index (χ0) is 42.7. The molecule has 2 bridgehead atoms. The lowest BCUT2D eigenvalue weighted by Gasteiger charge is -2.50. The summed E-state index contributed by atoms with van der Waals surface area (Å²) in [4.78, 5) is 75.7. The van der Waals surface area contributed by atoms with Gasteiger partial charge >= 0.3 is 24.1 Å². The molecule has 0 aromatic heterocycles. The van der Waals surface area contributed by atoms with Crippen LogP contribution in [0.2, 0.25) is 0 Å². The van der Waals surface area contributed by atoms with Crippen LogP contribution in [-0.2, 0) is 65.5 Å². The molecule has 0 spiro atoms. The van der Waals surface area contributed by atoms with Crippen LogP contribution in [0.25, 0.3) is 6.08 Å². The topological polar surface area (TPSA) is 179 Å². The van der Waals surface area contributed by atoms with Crippen molar-refractivity contribution >= 4 is 35.8 Å². The normalized spacial score (nSPS) is 26.1. The minimum atomic E-state index is -4.68. The molecule has 59 heavy (non-hydrogen) atoms. The smallest absolute Gasteiger partial charge is 0.422 e. The number of aliphatic hydroxyl groups excluding tert-OH is 1. The summed E-state index contributed by atoms with van der Waals surface area (Å²) in [6, 6.07) is 12.2. The summed E-state index contributed by atoms with van der Waals surface area (Å²) in [7, 11) is 1.46. The Bertz CT molecular complexity index is 1910. The van der Waals surface area contributed by atoms with E-state index in [0.29, 0.717) is 11.1 Å². The molecule has 4 fully saturated rings. The molecule has 6 rings (SSSR count). The van der Waals surface area contributed by atoms with Gasteiger partial charge in [-0.05, 0) is 50.0 Å². The van der Waals surface area contributed by atoms with Crippen LogP contribution >= 0.6 is 0 Å². The molecule has 2 N–H and O–H groups in total. The van der Waals surface area contributed by atoms with E-state index in [4.69, 9.17) is 23.8 Å². The van der Waals surface area contributed by atoms with Crippen LogP contribution in [0.15, 0.2) is 60.7 Å². The van der Waals surface area contributed by atoms with Crippen LogP contribution in [0.4, 0.5) is 13.2 Å². The molecule has 2 amide bonds. The summed E-state index contributed by atoms with van der Waals surface area (Å²) in [6.07, 6.45) is -6.03. The van der Waals surface area contributed by atoms with E-state index < -0.39 is 103 Å².